The van der Waals surface area contributed by atoms with Crippen molar-refractivity contribution >= 4 is 11.6 Å². The summed E-state index contributed by atoms with van der Waals surface area (Å²) in [6.45, 7) is 2.91. The van der Waals surface area contributed by atoms with Gasteiger partial charge in [0.25, 0.3) is 11.6 Å². The molecule has 0 atom stereocenters. The number of amides is 1. The van der Waals surface area contributed by atoms with Gasteiger partial charge < -0.3 is 14.5 Å². The number of nitrogens with zero attached hydrogens (tertiary/aromatic N) is 1. The Morgan fingerprint density at radius 2 is 1.92 bits per heavy atom. The van der Waals surface area contributed by atoms with Crippen molar-refractivity contribution in [1.29, 1.82) is 0 Å². The third-order valence-corrected chi connectivity index (χ3v) is 3.63. The molecule has 134 valence electrons. The molecule has 0 aliphatic heterocycles. The molecule has 1 amide bonds. The molecule has 25 heavy (non-hydrogen) atoms. The van der Waals surface area contributed by atoms with Crippen LogP contribution in [-0.2, 0) is 6.61 Å². The maximum Gasteiger partial charge on any atom is 0.286 e. The Hall–Kier alpha value is -2.83. The molecule has 0 aliphatic carbocycles. The van der Waals surface area contributed by atoms with E-state index in [9.17, 15) is 14.9 Å². The van der Waals surface area contributed by atoms with Gasteiger partial charge in [-0.05, 0) is 30.7 Å². The summed E-state index contributed by atoms with van der Waals surface area (Å²) in [4.78, 5) is 22.1. The van der Waals surface area contributed by atoms with Gasteiger partial charge in [0.1, 0.15) is 18.1 Å². The number of carbonyl (C=O) groups excluding carboxylic acids is 1. The minimum Gasteiger partial charge on any atom is -0.486 e. The highest BCUT2D eigenvalue weighted by atomic mass is 16.6. The number of unbranched alkanes of at least 4 members (excludes halogenated alkanes) is 3. The van der Waals surface area contributed by atoms with E-state index >= 15 is 0 Å². The summed E-state index contributed by atoms with van der Waals surface area (Å²) in [6, 6.07) is 9.06. The molecular formula is C18H22N2O5. The van der Waals surface area contributed by atoms with Gasteiger partial charge in [-0.3, -0.25) is 14.9 Å². The SMILES string of the molecule is CCCCCCNC(=O)c1ccc(COc2ccc([N+](=O)[O-])cc2)o1. The Morgan fingerprint density at radius 3 is 2.60 bits per heavy atom. The number of furan rings is 1. The Kier molecular flexibility index (Phi) is 7.00. The van der Waals surface area contributed by atoms with Crippen molar-refractivity contribution in [3.05, 3.63) is 58.0 Å². The summed E-state index contributed by atoms with van der Waals surface area (Å²) in [5.41, 5.74) is 0.00300. The number of hydrogen-bond donors (Lipinski definition) is 1. The summed E-state index contributed by atoms with van der Waals surface area (Å²) < 4.78 is 11.0. The second-order valence-electron chi connectivity index (χ2n) is 5.62. The van der Waals surface area contributed by atoms with Crippen LogP contribution in [0.25, 0.3) is 0 Å². The highest BCUT2D eigenvalue weighted by molar-refractivity contribution is 5.91. The molecule has 0 aliphatic rings. The number of nitro groups is 1. The van der Waals surface area contributed by atoms with Gasteiger partial charge in [0, 0.05) is 18.7 Å². The van der Waals surface area contributed by atoms with E-state index in [0.29, 0.717) is 18.1 Å². The molecule has 7 heteroatoms. The largest absolute Gasteiger partial charge is 0.486 e. The number of benzene rings is 1. The second-order valence-corrected chi connectivity index (χ2v) is 5.62. The van der Waals surface area contributed by atoms with Crippen molar-refractivity contribution in [1.82, 2.24) is 5.32 Å². The van der Waals surface area contributed by atoms with Crippen molar-refractivity contribution in [3.63, 3.8) is 0 Å². The van der Waals surface area contributed by atoms with E-state index in [4.69, 9.17) is 9.15 Å². The normalized spacial score (nSPS) is 10.4. The topological polar surface area (TPSA) is 94.6 Å². The molecule has 0 saturated carbocycles. The Bertz CT molecular complexity index is 694. The Morgan fingerprint density at radius 1 is 1.16 bits per heavy atom. The number of hydrogen-bond acceptors (Lipinski definition) is 5. The van der Waals surface area contributed by atoms with E-state index in [-0.39, 0.29) is 24.0 Å². The lowest BCUT2D eigenvalue weighted by molar-refractivity contribution is -0.384. The second kappa shape index (κ2) is 9.46. The summed E-state index contributed by atoms with van der Waals surface area (Å²) in [5, 5.41) is 13.4. The lowest BCUT2D eigenvalue weighted by atomic mass is 10.2. The highest BCUT2D eigenvalue weighted by Gasteiger charge is 2.11. The molecule has 2 aromatic rings. The van der Waals surface area contributed by atoms with E-state index in [1.54, 1.807) is 12.1 Å². The molecular weight excluding hydrogens is 324 g/mol. The molecule has 1 N–H and O–H groups in total. The predicted octanol–water partition coefficient (Wildman–Crippen LogP) is 4.08. The van der Waals surface area contributed by atoms with Crippen molar-refractivity contribution < 1.29 is 18.9 Å². The van der Waals surface area contributed by atoms with Crippen LogP contribution in [0.3, 0.4) is 0 Å². The molecule has 0 saturated heterocycles. The number of nitrogens with one attached hydrogen (secondary N) is 1. The van der Waals surface area contributed by atoms with E-state index in [1.165, 1.54) is 30.7 Å². The van der Waals surface area contributed by atoms with Crippen LogP contribution in [0.4, 0.5) is 5.69 Å². The molecule has 2 rings (SSSR count). The fraction of sp³-hybridized carbons (Fsp3) is 0.389. The molecule has 0 spiro atoms. The van der Waals surface area contributed by atoms with Crippen molar-refractivity contribution in [2.45, 2.75) is 39.2 Å². The maximum atomic E-state index is 12.0. The van der Waals surface area contributed by atoms with Crippen LogP contribution in [-0.4, -0.2) is 17.4 Å². The van der Waals surface area contributed by atoms with Crippen LogP contribution < -0.4 is 10.1 Å². The molecule has 1 aromatic carbocycles. The third-order valence-electron chi connectivity index (χ3n) is 3.63. The van der Waals surface area contributed by atoms with Crippen LogP contribution in [0.5, 0.6) is 5.75 Å². The molecule has 0 radical (unpaired) electrons. The zero-order chi connectivity index (χ0) is 18.1. The zero-order valence-corrected chi connectivity index (χ0v) is 14.2. The molecule has 1 aromatic heterocycles. The average Bonchev–Trinajstić information content (AvgIpc) is 3.09. The number of carbonyl (C=O) groups is 1. The summed E-state index contributed by atoms with van der Waals surface area (Å²) >= 11 is 0. The van der Waals surface area contributed by atoms with Crippen LogP contribution in [0, 0.1) is 10.1 Å². The molecule has 0 bridgehead atoms. The van der Waals surface area contributed by atoms with Crippen LogP contribution in [0.2, 0.25) is 0 Å². The van der Waals surface area contributed by atoms with Gasteiger partial charge in [0.2, 0.25) is 0 Å². The molecule has 0 unspecified atom stereocenters. The van der Waals surface area contributed by atoms with Crippen molar-refractivity contribution in [2.75, 3.05) is 6.54 Å². The predicted molar refractivity (Wildman–Crippen MR) is 92.6 cm³/mol. The zero-order valence-electron chi connectivity index (χ0n) is 14.2. The summed E-state index contributed by atoms with van der Waals surface area (Å²) in [6.07, 6.45) is 4.38. The van der Waals surface area contributed by atoms with Gasteiger partial charge in [-0.15, -0.1) is 0 Å². The average molecular weight is 346 g/mol. The standard InChI is InChI=1S/C18H22N2O5/c1-2-3-4-5-12-19-18(21)17-11-10-16(25-17)13-24-15-8-6-14(7-9-15)20(22)23/h6-11H,2-5,12-13H2,1H3,(H,19,21). The number of nitro benzene ring substituents is 1. The van der Waals surface area contributed by atoms with Crippen LogP contribution in [0.1, 0.15) is 48.9 Å². The number of non-ortho nitro benzene ring substituents is 1. The Labute approximate surface area is 146 Å². The van der Waals surface area contributed by atoms with Gasteiger partial charge in [-0.25, -0.2) is 0 Å². The lowest BCUT2D eigenvalue weighted by Gasteiger charge is -2.04. The first-order valence-electron chi connectivity index (χ1n) is 8.34. The van der Waals surface area contributed by atoms with Gasteiger partial charge in [0.05, 0.1) is 4.92 Å². The summed E-state index contributed by atoms with van der Waals surface area (Å²) in [7, 11) is 0. The van der Waals surface area contributed by atoms with Crippen molar-refractivity contribution in [3.8, 4) is 5.75 Å². The quantitative estimate of drug-likeness (QED) is 0.397. The van der Waals surface area contributed by atoms with E-state index in [1.807, 2.05) is 0 Å². The molecule has 0 fully saturated rings. The monoisotopic (exact) mass is 346 g/mol. The van der Waals surface area contributed by atoms with E-state index in [2.05, 4.69) is 12.2 Å². The van der Waals surface area contributed by atoms with Crippen LogP contribution in [0.15, 0.2) is 40.8 Å². The van der Waals surface area contributed by atoms with Gasteiger partial charge in [-0.1, -0.05) is 26.2 Å². The van der Waals surface area contributed by atoms with E-state index in [0.717, 1.165) is 19.3 Å². The fourth-order valence-corrected chi connectivity index (χ4v) is 2.24. The van der Waals surface area contributed by atoms with Gasteiger partial charge in [-0.2, -0.15) is 0 Å². The smallest absolute Gasteiger partial charge is 0.286 e. The minimum absolute atomic E-state index is 0.00300. The van der Waals surface area contributed by atoms with Gasteiger partial charge >= 0.3 is 0 Å². The Balaban J connectivity index is 1.78. The highest BCUT2D eigenvalue weighted by Crippen LogP contribution is 2.19. The first-order valence-corrected chi connectivity index (χ1v) is 8.34. The van der Waals surface area contributed by atoms with Crippen LogP contribution >= 0.6 is 0 Å². The molecule has 1 heterocycles. The lowest BCUT2D eigenvalue weighted by Crippen LogP contribution is -2.23. The third kappa shape index (κ3) is 5.95. The molecule has 7 nitrogen and oxygen atoms in total. The maximum absolute atomic E-state index is 12.0. The van der Waals surface area contributed by atoms with E-state index < -0.39 is 4.92 Å². The number of rotatable bonds is 10. The fourth-order valence-electron chi connectivity index (χ4n) is 2.24. The minimum atomic E-state index is -0.469. The summed E-state index contributed by atoms with van der Waals surface area (Å²) in [5.74, 6) is 1.01. The van der Waals surface area contributed by atoms with Gasteiger partial charge in [0.15, 0.2) is 5.76 Å². The first kappa shape index (κ1) is 18.5. The van der Waals surface area contributed by atoms with Crippen molar-refractivity contribution in [2.24, 2.45) is 0 Å². The first-order chi connectivity index (χ1) is 12.1. The number of ether oxygens (including phenoxy) is 1.